The smallest absolute Gasteiger partial charge is 0.253 e. The summed E-state index contributed by atoms with van der Waals surface area (Å²) in [7, 11) is 6.44. The maximum atomic E-state index is 14.4. The third kappa shape index (κ3) is 11.1. The van der Waals surface area contributed by atoms with Gasteiger partial charge in [0.1, 0.15) is 41.3 Å². The lowest BCUT2D eigenvalue weighted by Crippen LogP contribution is -2.28. The van der Waals surface area contributed by atoms with E-state index in [1.165, 1.54) is 0 Å². The maximum absolute atomic E-state index is 14.4. The Labute approximate surface area is 508 Å². The third-order valence-corrected chi connectivity index (χ3v) is 16.8. The summed E-state index contributed by atoms with van der Waals surface area (Å²) < 4.78 is 48.7. The Morgan fingerprint density at radius 2 is 0.682 bits per heavy atom. The molecule has 6 aliphatic heterocycles. The van der Waals surface area contributed by atoms with E-state index < -0.39 is 18.3 Å². The molecule has 19 heteroatoms. The quantitative estimate of drug-likeness (QED) is 0.0498. The van der Waals surface area contributed by atoms with Crippen LogP contribution in [0.4, 0.5) is 22.7 Å². The van der Waals surface area contributed by atoms with E-state index in [1.54, 1.807) is 34.5 Å². The number of aromatic amines is 2. The van der Waals surface area contributed by atoms with Gasteiger partial charge < -0.3 is 69.1 Å². The zero-order chi connectivity index (χ0) is 60.4. The average molecular weight is 1190 g/mol. The number of nitrogens with zero attached hydrogens (tertiary/aromatic N) is 2. The second-order valence-electron chi connectivity index (χ2n) is 22.2. The van der Waals surface area contributed by atoms with Gasteiger partial charge in [-0.25, -0.2) is 9.97 Å². The molecule has 7 aromatic rings. The number of ether oxygens (including phenoxy) is 8. The Kier molecular flexibility index (Phi) is 16.4. The highest BCUT2D eigenvalue weighted by atomic mass is 16.5. The molecule has 6 N–H and O–H groups in total. The van der Waals surface area contributed by atoms with E-state index in [1.807, 2.05) is 115 Å². The number of anilines is 4. The van der Waals surface area contributed by atoms with E-state index in [0.717, 1.165) is 32.1 Å². The van der Waals surface area contributed by atoms with E-state index in [2.05, 4.69) is 37.8 Å². The molecule has 8 bridgehead atoms. The summed E-state index contributed by atoms with van der Waals surface area (Å²) in [5.74, 6) is 1.11. The molecule has 0 saturated carbocycles. The van der Waals surface area contributed by atoms with Crippen LogP contribution in [-0.2, 0) is 33.3 Å². The van der Waals surface area contributed by atoms with Crippen LogP contribution in [0.3, 0.4) is 0 Å². The average Bonchev–Trinajstić information content (AvgIpc) is 2.52. The van der Waals surface area contributed by atoms with Crippen molar-refractivity contribution in [2.45, 2.75) is 75.8 Å². The SMILES string of the molecule is C=C(Nc1cccc(NC(=O)C2CCCO2)c1-c1c2nc(c(-c3c(OC)cccc3OC)c3ccc([nH]3)c(-c3c(NC(=O)C4CCCO4)cccc3NC(=O)C3CCCO3)c3nc(c(-c4c(OC)cccc4OC)c4ccc1[nH]4)C=C3)C=C2)C1CCCO1. The molecule has 13 rings (SSSR count). The zero-order valence-electron chi connectivity index (χ0n) is 49.4. The summed E-state index contributed by atoms with van der Waals surface area (Å²) in [5, 5.41) is 13.3. The van der Waals surface area contributed by atoms with Gasteiger partial charge in [-0.2, -0.15) is 0 Å². The van der Waals surface area contributed by atoms with Crippen molar-refractivity contribution in [3.05, 3.63) is 132 Å². The number of fused-ring (bicyclic) bond motifs is 8. The summed E-state index contributed by atoms with van der Waals surface area (Å²) in [5.41, 5.74) is 11.7. The van der Waals surface area contributed by atoms with Crippen molar-refractivity contribution in [2.75, 3.05) is 76.1 Å². The molecule has 3 amide bonds. The van der Waals surface area contributed by atoms with Crippen LogP contribution in [0.15, 0.2) is 109 Å². The molecule has 19 nitrogen and oxygen atoms in total. The Bertz CT molecular complexity index is 3740. The molecule has 4 atom stereocenters. The van der Waals surface area contributed by atoms with Gasteiger partial charge in [-0.3, -0.25) is 14.4 Å². The first-order valence-electron chi connectivity index (χ1n) is 29.8. The van der Waals surface area contributed by atoms with Crippen molar-refractivity contribution >= 4 is 86.8 Å². The van der Waals surface area contributed by atoms with E-state index in [4.69, 9.17) is 47.9 Å². The van der Waals surface area contributed by atoms with Gasteiger partial charge in [-0.05, 0) is 148 Å². The van der Waals surface area contributed by atoms with Crippen LogP contribution >= 0.6 is 0 Å². The van der Waals surface area contributed by atoms with Crippen molar-refractivity contribution in [3.8, 4) is 67.5 Å². The van der Waals surface area contributed by atoms with E-state index in [-0.39, 0.29) is 23.8 Å². The highest BCUT2D eigenvalue weighted by Crippen LogP contribution is 2.49. The van der Waals surface area contributed by atoms with Gasteiger partial charge >= 0.3 is 0 Å². The largest absolute Gasteiger partial charge is 0.496 e. The molecule has 4 saturated heterocycles. The number of carbonyl (C=O) groups excluding carboxylic acids is 3. The van der Waals surface area contributed by atoms with Crippen LogP contribution in [0.2, 0.25) is 0 Å². The van der Waals surface area contributed by atoms with Gasteiger partial charge in [0.15, 0.2) is 0 Å². The van der Waals surface area contributed by atoms with Gasteiger partial charge in [0.05, 0.1) is 85.5 Å². The summed E-state index contributed by atoms with van der Waals surface area (Å²) >= 11 is 0. The molecule has 88 heavy (non-hydrogen) atoms. The Morgan fingerprint density at radius 1 is 0.398 bits per heavy atom. The first-order valence-corrected chi connectivity index (χ1v) is 29.8. The van der Waals surface area contributed by atoms with Gasteiger partial charge in [0.25, 0.3) is 17.7 Å². The minimum absolute atomic E-state index is 0.247. The number of hydrogen-bond acceptors (Lipinski definition) is 14. The highest BCUT2D eigenvalue weighted by Gasteiger charge is 2.32. The van der Waals surface area contributed by atoms with Gasteiger partial charge in [-0.15, -0.1) is 0 Å². The van der Waals surface area contributed by atoms with Crippen molar-refractivity contribution < 1.29 is 52.3 Å². The number of hydrogen-bond donors (Lipinski definition) is 6. The van der Waals surface area contributed by atoms with Gasteiger partial charge in [0, 0.05) is 93.3 Å². The van der Waals surface area contributed by atoms with Crippen LogP contribution in [0.1, 0.15) is 74.1 Å². The predicted octanol–water partition coefficient (Wildman–Crippen LogP) is 12.8. The normalized spacial score (nSPS) is 18.5. The summed E-state index contributed by atoms with van der Waals surface area (Å²) in [6.45, 7) is 6.52. The predicted molar refractivity (Wildman–Crippen MR) is 341 cm³/mol. The molecule has 4 unspecified atom stereocenters. The zero-order valence-corrected chi connectivity index (χ0v) is 49.4. The summed E-state index contributed by atoms with van der Waals surface area (Å²) in [6, 6.07) is 30.2. The number of methoxy groups -OCH3 is 4. The second-order valence-corrected chi connectivity index (χ2v) is 22.2. The number of carbonyl (C=O) groups is 3. The van der Waals surface area contributed by atoms with Crippen molar-refractivity contribution in [1.82, 2.24) is 19.9 Å². The lowest BCUT2D eigenvalue weighted by Gasteiger charge is -2.22. The molecule has 0 radical (unpaired) electrons. The lowest BCUT2D eigenvalue weighted by molar-refractivity contribution is -0.125. The van der Waals surface area contributed by atoms with Crippen molar-refractivity contribution in [2.24, 2.45) is 0 Å². The molecule has 450 valence electrons. The number of amides is 3. The molecule has 4 aromatic carbocycles. The molecule has 0 aliphatic carbocycles. The number of nitrogens with one attached hydrogen (secondary N) is 6. The van der Waals surface area contributed by atoms with Crippen LogP contribution in [0.5, 0.6) is 23.0 Å². The third-order valence-electron chi connectivity index (χ3n) is 16.8. The van der Waals surface area contributed by atoms with E-state index >= 15 is 0 Å². The van der Waals surface area contributed by atoms with E-state index in [0.29, 0.717) is 186 Å². The standard InChI is InChI=1S/C69H68N8O11/c1-38(51-22-10-34-85-51)70-39-14-6-15-40(75-67(78)56-23-11-35-86-56)59(39)61-43-26-30-47(71-43)63(65-52(81-2)18-8-19-53(65)82-3)49-32-28-45(73-49)62(46-29-33-50(74-46)64(48-31-27-44(61)72-48)66-54(83-4)20-9-21-55(66)84-5)60-41(76-68(79)57-24-12-36-87-57)16-7-17-42(60)77-69(80)58-25-13-37-88-58/h6-9,14-21,26-33,51,56-58,70-71,74H,1,10-13,22-25,34-37H2,2-5H3,(H,75,78)(H,76,79)(H,77,80). The molecule has 9 heterocycles. The molecule has 4 fully saturated rings. The topological polar surface area (TPSA) is 231 Å². The first kappa shape index (κ1) is 57.5. The fourth-order valence-electron chi connectivity index (χ4n) is 12.6. The summed E-state index contributed by atoms with van der Waals surface area (Å²) in [6.07, 6.45) is 11.1. The number of aromatic nitrogens is 4. The molecule has 3 aromatic heterocycles. The van der Waals surface area contributed by atoms with E-state index in [9.17, 15) is 14.4 Å². The number of benzene rings is 4. The van der Waals surface area contributed by atoms with Gasteiger partial charge in [0.2, 0.25) is 0 Å². The Hall–Kier alpha value is -9.53. The summed E-state index contributed by atoms with van der Waals surface area (Å²) in [4.78, 5) is 61.9. The Balaban J connectivity index is 1.18. The number of H-pyrrole nitrogens is 2. The van der Waals surface area contributed by atoms with Crippen molar-refractivity contribution in [1.29, 1.82) is 0 Å². The molecule has 6 aliphatic rings. The van der Waals surface area contributed by atoms with Crippen LogP contribution in [0.25, 0.3) is 90.9 Å². The fraction of sp³-hybridized carbons (Fsp3) is 0.290. The van der Waals surface area contributed by atoms with Crippen LogP contribution in [-0.4, -0.2) is 117 Å². The lowest BCUT2D eigenvalue weighted by atomic mass is 9.98. The monoisotopic (exact) mass is 1180 g/mol. The highest BCUT2D eigenvalue weighted by molar-refractivity contribution is 6.11. The van der Waals surface area contributed by atoms with Crippen LogP contribution < -0.4 is 40.2 Å². The maximum Gasteiger partial charge on any atom is 0.253 e. The number of rotatable bonds is 17. The van der Waals surface area contributed by atoms with Gasteiger partial charge in [-0.1, -0.05) is 30.8 Å². The minimum Gasteiger partial charge on any atom is -0.496 e. The minimum atomic E-state index is -0.681. The fourth-order valence-corrected chi connectivity index (χ4v) is 12.6. The molecular weight excluding hydrogens is 1120 g/mol. The first-order chi connectivity index (χ1) is 43.1. The Morgan fingerprint density at radius 3 is 0.977 bits per heavy atom. The van der Waals surface area contributed by atoms with Crippen molar-refractivity contribution in [3.63, 3.8) is 0 Å². The second kappa shape index (κ2) is 25.1. The molecular formula is C69H68N8O11. The van der Waals surface area contributed by atoms with Crippen LogP contribution in [0, 0.1) is 0 Å². The molecule has 0 spiro atoms.